The number of oxime groups is 1. The molecule has 0 unspecified atom stereocenters. The lowest BCUT2D eigenvalue weighted by Crippen LogP contribution is -2.15. The summed E-state index contributed by atoms with van der Waals surface area (Å²) in [5.74, 6) is -0.326. The van der Waals surface area contributed by atoms with Gasteiger partial charge in [0.05, 0.1) is 0 Å². The van der Waals surface area contributed by atoms with Gasteiger partial charge in [-0.25, -0.2) is 4.79 Å². The van der Waals surface area contributed by atoms with Crippen LogP contribution in [0.5, 0.6) is 0 Å². The van der Waals surface area contributed by atoms with Gasteiger partial charge in [-0.1, -0.05) is 38.8 Å². The lowest BCUT2D eigenvalue weighted by atomic mass is 10.1. The molecule has 0 saturated heterocycles. The Hall–Kier alpha value is -2.18. The Balaban J connectivity index is 1.97. The maximum Gasteiger partial charge on any atom is 0.437 e. The number of halogens is 2. The number of rotatable bonds is 4. The highest BCUT2D eigenvalue weighted by atomic mass is 79.9. The van der Waals surface area contributed by atoms with Gasteiger partial charge in [-0.05, 0) is 49.4 Å². The summed E-state index contributed by atoms with van der Waals surface area (Å²) in [5.41, 5.74) is 0.983. The Bertz CT molecular complexity index is 760. The second-order valence-corrected chi connectivity index (χ2v) is 5.88. The zero-order chi connectivity index (χ0) is 16.8. The second kappa shape index (κ2) is 7.89. The minimum absolute atomic E-state index is 0.0635. The number of carbonyl (C=O) groups excluding carboxylic acids is 2. The summed E-state index contributed by atoms with van der Waals surface area (Å²) in [4.78, 5) is 28.4. The molecule has 7 heteroatoms. The highest BCUT2D eigenvalue weighted by Gasteiger charge is 2.11. The van der Waals surface area contributed by atoms with E-state index in [4.69, 9.17) is 11.6 Å². The van der Waals surface area contributed by atoms with E-state index in [1.54, 1.807) is 48.5 Å². The van der Waals surface area contributed by atoms with Gasteiger partial charge in [-0.15, -0.1) is 0 Å². The monoisotopic (exact) mass is 394 g/mol. The molecule has 2 rings (SSSR count). The number of carbonyl (C=O) groups is 2. The summed E-state index contributed by atoms with van der Waals surface area (Å²) in [6.07, 6.45) is -0.810. The van der Waals surface area contributed by atoms with Crippen LogP contribution in [0.2, 0.25) is 5.02 Å². The molecule has 2 aromatic rings. The van der Waals surface area contributed by atoms with Crippen LogP contribution in [0.4, 0.5) is 10.5 Å². The minimum Gasteiger partial charge on any atom is -0.297 e. The van der Waals surface area contributed by atoms with Gasteiger partial charge in [-0.3, -0.25) is 14.9 Å². The minimum atomic E-state index is -0.810. The Morgan fingerprint density at radius 3 is 2.52 bits per heavy atom. The SMILES string of the molecule is CC(=NOC(=O)Nc1cccc(Cl)c1)C(=O)c1ccc(Br)cc1. The van der Waals surface area contributed by atoms with E-state index in [1.165, 1.54) is 6.92 Å². The van der Waals surface area contributed by atoms with Crippen LogP contribution in [-0.2, 0) is 4.84 Å². The number of Topliss-reactive ketones (excluding diaryl/α,β-unsaturated/α-hetero) is 1. The molecule has 1 amide bonds. The molecule has 2 aromatic carbocycles. The molecule has 0 bridgehead atoms. The molecule has 0 radical (unpaired) electrons. The summed E-state index contributed by atoms with van der Waals surface area (Å²) in [6.45, 7) is 1.47. The van der Waals surface area contributed by atoms with E-state index in [9.17, 15) is 9.59 Å². The quantitative estimate of drug-likeness (QED) is 0.346. The lowest BCUT2D eigenvalue weighted by Gasteiger charge is -2.04. The number of amides is 1. The average Bonchev–Trinajstić information content (AvgIpc) is 2.52. The third-order valence-corrected chi connectivity index (χ3v) is 3.54. The molecule has 0 spiro atoms. The van der Waals surface area contributed by atoms with Gasteiger partial charge < -0.3 is 0 Å². The first-order valence-corrected chi connectivity index (χ1v) is 7.71. The van der Waals surface area contributed by atoms with Crippen molar-refractivity contribution in [3.63, 3.8) is 0 Å². The maximum absolute atomic E-state index is 12.1. The van der Waals surface area contributed by atoms with Crippen LogP contribution in [0.25, 0.3) is 0 Å². The van der Waals surface area contributed by atoms with Crippen molar-refractivity contribution < 1.29 is 14.4 Å². The van der Waals surface area contributed by atoms with E-state index >= 15 is 0 Å². The zero-order valence-electron chi connectivity index (χ0n) is 12.0. The van der Waals surface area contributed by atoms with Gasteiger partial charge in [0, 0.05) is 20.7 Å². The van der Waals surface area contributed by atoms with Crippen molar-refractivity contribution in [3.05, 3.63) is 63.6 Å². The predicted molar refractivity (Wildman–Crippen MR) is 93.1 cm³/mol. The molecule has 0 heterocycles. The first-order valence-electron chi connectivity index (χ1n) is 6.54. The molecular weight excluding hydrogens is 384 g/mol. The van der Waals surface area contributed by atoms with E-state index in [0.29, 0.717) is 16.3 Å². The molecule has 1 N–H and O–H groups in total. The maximum atomic E-state index is 12.1. The third-order valence-electron chi connectivity index (χ3n) is 2.77. The summed E-state index contributed by atoms with van der Waals surface area (Å²) < 4.78 is 0.862. The van der Waals surface area contributed by atoms with Gasteiger partial charge in [0.25, 0.3) is 0 Å². The highest BCUT2D eigenvalue weighted by molar-refractivity contribution is 9.10. The van der Waals surface area contributed by atoms with Crippen molar-refractivity contribution >= 4 is 50.8 Å². The van der Waals surface area contributed by atoms with Gasteiger partial charge in [0.1, 0.15) is 5.71 Å². The molecule has 118 valence electrons. The van der Waals surface area contributed by atoms with Gasteiger partial charge >= 0.3 is 6.09 Å². The first-order chi connectivity index (χ1) is 11.0. The number of nitrogens with zero attached hydrogens (tertiary/aromatic N) is 1. The third kappa shape index (κ3) is 5.19. The Kier molecular flexibility index (Phi) is 5.90. The van der Waals surface area contributed by atoms with Crippen LogP contribution in [0.15, 0.2) is 58.2 Å². The lowest BCUT2D eigenvalue weighted by molar-refractivity contribution is 0.105. The highest BCUT2D eigenvalue weighted by Crippen LogP contribution is 2.15. The van der Waals surface area contributed by atoms with Crippen LogP contribution in [0, 0.1) is 0 Å². The van der Waals surface area contributed by atoms with Crippen LogP contribution in [0.1, 0.15) is 17.3 Å². The first kappa shape index (κ1) is 17.2. The molecule has 0 saturated carbocycles. The van der Waals surface area contributed by atoms with Crippen LogP contribution < -0.4 is 5.32 Å². The van der Waals surface area contributed by atoms with Crippen molar-refractivity contribution in [1.29, 1.82) is 0 Å². The van der Waals surface area contributed by atoms with E-state index in [-0.39, 0.29) is 11.5 Å². The fourth-order valence-electron chi connectivity index (χ4n) is 1.67. The topological polar surface area (TPSA) is 67.8 Å². The molecule has 0 fully saturated rings. The van der Waals surface area contributed by atoms with E-state index in [0.717, 1.165) is 4.47 Å². The largest absolute Gasteiger partial charge is 0.437 e. The predicted octanol–water partition coefficient (Wildman–Crippen LogP) is 4.91. The van der Waals surface area contributed by atoms with Gasteiger partial charge in [0.15, 0.2) is 0 Å². The molecule has 0 aliphatic carbocycles. The Labute approximate surface area is 146 Å². The molecule has 0 aromatic heterocycles. The summed E-state index contributed by atoms with van der Waals surface area (Å²) >= 11 is 9.10. The standard InChI is InChI=1S/C16H12BrClN2O3/c1-10(15(21)11-5-7-12(17)8-6-11)20-23-16(22)19-14-4-2-3-13(18)9-14/h2-9H,1H3,(H,19,22). The van der Waals surface area contributed by atoms with E-state index in [1.807, 2.05) is 0 Å². The summed E-state index contributed by atoms with van der Waals surface area (Å²) in [7, 11) is 0. The number of nitrogens with one attached hydrogen (secondary N) is 1. The van der Waals surface area contributed by atoms with Crippen LogP contribution in [0.3, 0.4) is 0 Å². The van der Waals surface area contributed by atoms with Crippen LogP contribution in [-0.4, -0.2) is 17.6 Å². The second-order valence-electron chi connectivity index (χ2n) is 4.53. The molecular formula is C16H12BrClN2O3. The van der Waals surface area contributed by atoms with Crippen molar-refractivity contribution in [2.24, 2.45) is 5.16 Å². The number of hydrogen-bond donors (Lipinski definition) is 1. The van der Waals surface area contributed by atoms with Crippen molar-refractivity contribution in [2.45, 2.75) is 6.92 Å². The van der Waals surface area contributed by atoms with Gasteiger partial charge in [0.2, 0.25) is 5.78 Å². The number of ketones is 1. The number of benzene rings is 2. The molecule has 0 aliphatic heterocycles. The number of anilines is 1. The molecule has 0 atom stereocenters. The average molecular weight is 396 g/mol. The Morgan fingerprint density at radius 1 is 1.17 bits per heavy atom. The summed E-state index contributed by atoms with van der Waals surface area (Å²) in [6, 6.07) is 13.4. The van der Waals surface area contributed by atoms with Crippen molar-refractivity contribution in [2.75, 3.05) is 5.32 Å². The molecule has 5 nitrogen and oxygen atoms in total. The van der Waals surface area contributed by atoms with E-state index < -0.39 is 6.09 Å². The zero-order valence-corrected chi connectivity index (χ0v) is 14.4. The molecule has 0 aliphatic rings. The fraction of sp³-hybridized carbons (Fsp3) is 0.0625. The molecule has 23 heavy (non-hydrogen) atoms. The van der Waals surface area contributed by atoms with E-state index in [2.05, 4.69) is 31.2 Å². The van der Waals surface area contributed by atoms with Crippen molar-refractivity contribution in [3.8, 4) is 0 Å². The number of hydrogen-bond acceptors (Lipinski definition) is 4. The summed E-state index contributed by atoms with van der Waals surface area (Å²) in [5, 5.41) is 6.49. The Morgan fingerprint density at radius 2 is 1.87 bits per heavy atom. The van der Waals surface area contributed by atoms with Crippen LogP contribution >= 0.6 is 27.5 Å². The van der Waals surface area contributed by atoms with Crippen molar-refractivity contribution in [1.82, 2.24) is 0 Å². The smallest absolute Gasteiger partial charge is 0.297 e. The van der Waals surface area contributed by atoms with Gasteiger partial charge in [-0.2, -0.15) is 0 Å². The fourth-order valence-corrected chi connectivity index (χ4v) is 2.12. The normalized spacial score (nSPS) is 11.0.